The average Bonchev–Trinajstić information content (AvgIpc) is 2.94. The molecule has 0 radical (unpaired) electrons. The molecular formula is C19H24ClN3O. The average molecular weight is 346 g/mol. The zero-order valence-electron chi connectivity index (χ0n) is 14.7. The van der Waals surface area contributed by atoms with Gasteiger partial charge in [-0.05, 0) is 42.9 Å². The van der Waals surface area contributed by atoms with Gasteiger partial charge in [0.25, 0.3) is 5.91 Å². The topological polar surface area (TPSA) is 38.1 Å². The molecule has 1 aliphatic carbocycles. The Hall–Kier alpha value is -1.81. The molecule has 24 heavy (non-hydrogen) atoms. The summed E-state index contributed by atoms with van der Waals surface area (Å²) in [6.07, 6.45) is 4.97. The molecule has 128 valence electrons. The number of rotatable bonds is 3. The number of carbonyl (C=O) groups excluding carboxylic acids is 1. The highest BCUT2D eigenvalue weighted by molar-refractivity contribution is 6.31. The zero-order valence-corrected chi connectivity index (χ0v) is 15.5. The lowest BCUT2D eigenvalue weighted by Crippen LogP contribution is -2.33. The Morgan fingerprint density at radius 2 is 2.17 bits per heavy atom. The van der Waals surface area contributed by atoms with E-state index >= 15 is 0 Å². The molecule has 1 unspecified atom stereocenters. The summed E-state index contributed by atoms with van der Waals surface area (Å²) in [4.78, 5) is 14.8. The van der Waals surface area contributed by atoms with Crippen LogP contribution in [0.4, 0.5) is 0 Å². The van der Waals surface area contributed by atoms with Crippen molar-refractivity contribution in [3.63, 3.8) is 0 Å². The summed E-state index contributed by atoms with van der Waals surface area (Å²) in [5.74, 6) is 0.351. The number of carbonyl (C=O) groups is 1. The van der Waals surface area contributed by atoms with Gasteiger partial charge in [-0.2, -0.15) is 5.10 Å². The van der Waals surface area contributed by atoms with Gasteiger partial charge in [0.2, 0.25) is 0 Å². The van der Waals surface area contributed by atoms with E-state index < -0.39 is 0 Å². The molecule has 0 saturated carbocycles. The van der Waals surface area contributed by atoms with Crippen LogP contribution < -0.4 is 0 Å². The van der Waals surface area contributed by atoms with Gasteiger partial charge in [0.15, 0.2) is 0 Å². The molecule has 0 bridgehead atoms. The first-order chi connectivity index (χ1) is 11.4. The summed E-state index contributed by atoms with van der Waals surface area (Å²) in [5.41, 5.74) is 4.12. The summed E-state index contributed by atoms with van der Waals surface area (Å²) in [6, 6.07) is 5.72. The third-order valence-electron chi connectivity index (χ3n) is 5.00. The first-order valence-electron chi connectivity index (χ1n) is 8.47. The lowest BCUT2D eigenvalue weighted by atomic mass is 9.91. The fraction of sp³-hybridized carbons (Fsp3) is 0.474. The van der Waals surface area contributed by atoms with E-state index in [1.165, 1.54) is 11.3 Å². The number of benzene rings is 1. The van der Waals surface area contributed by atoms with Crippen molar-refractivity contribution in [3.8, 4) is 0 Å². The van der Waals surface area contributed by atoms with E-state index in [9.17, 15) is 4.79 Å². The van der Waals surface area contributed by atoms with E-state index in [4.69, 9.17) is 11.6 Å². The molecule has 1 heterocycles. The van der Waals surface area contributed by atoms with Crippen LogP contribution in [0.25, 0.3) is 0 Å². The summed E-state index contributed by atoms with van der Waals surface area (Å²) < 4.78 is 1.92. The van der Waals surface area contributed by atoms with E-state index in [-0.39, 0.29) is 11.9 Å². The molecule has 0 fully saturated rings. The number of aryl methyl sites for hydroxylation is 1. The SMILES string of the molecule is CC(C)c1ccc(C(=O)N(C)C2CCCc3c2cnn3C)cc1Cl. The smallest absolute Gasteiger partial charge is 0.254 e. The summed E-state index contributed by atoms with van der Waals surface area (Å²) >= 11 is 6.36. The third-order valence-corrected chi connectivity index (χ3v) is 5.33. The number of aromatic nitrogens is 2. The molecule has 1 atom stereocenters. The first-order valence-corrected chi connectivity index (χ1v) is 8.85. The van der Waals surface area contributed by atoms with Gasteiger partial charge < -0.3 is 4.90 Å². The Labute approximate surface area is 148 Å². The maximum atomic E-state index is 12.9. The lowest BCUT2D eigenvalue weighted by Gasteiger charge is -2.31. The molecule has 4 nitrogen and oxygen atoms in total. The highest BCUT2D eigenvalue weighted by Crippen LogP contribution is 2.34. The van der Waals surface area contributed by atoms with E-state index in [1.807, 2.05) is 42.0 Å². The van der Waals surface area contributed by atoms with E-state index in [2.05, 4.69) is 18.9 Å². The molecule has 1 aromatic carbocycles. The highest BCUT2D eigenvalue weighted by atomic mass is 35.5. The molecule has 2 aromatic rings. The van der Waals surface area contributed by atoms with Crippen LogP contribution in [0.1, 0.15) is 65.8 Å². The van der Waals surface area contributed by atoms with Crippen molar-refractivity contribution < 1.29 is 4.79 Å². The lowest BCUT2D eigenvalue weighted by molar-refractivity contribution is 0.0714. The quantitative estimate of drug-likeness (QED) is 0.829. The van der Waals surface area contributed by atoms with Gasteiger partial charge in [0.1, 0.15) is 0 Å². The minimum absolute atomic E-state index is 0.00825. The Balaban J connectivity index is 1.87. The molecule has 0 saturated heterocycles. The van der Waals surface area contributed by atoms with Gasteiger partial charge in [-0.1, -0.05) is 31.5 Å². The molecule has 0 N–H and O–H groups in total. The number of halogens is 1. The second kappa shape index (κ2) is 6.60. The minimum atomic E-state index is 0.00825. The Bertz CT molecular complexity index is 766. The van der Waals surface area contributed by atoms with Crippen molar-refractivity contribution in [1.29, 1.82) is 0 Å². The monoisotopic (exact) mass is 345 g/mol. The molecular weight excluding hydrogens is 322 g/mol. The fourth-order valence-corrected chi connectivity index (χ4v) is 3.96. The van der Waals surface area contributed by atoms with Crippen molar-refractivity contribution in [3.05, 3.63) is 51.8 Å². The van der Waals surface area contributed by atoms with Gasteiger partial charge in [0, 0.05) is 35.9 Å². The molecule has 0 aliphatic heterocycles. The number of hydrogen-bond acceptors (Lipinski definition) is 2. The largest absolute Gasteiger partial charge is 0.335 e. The van der Waals surface area contributed by atoms with Crippen molar-refractivity contribution in [2.24, 2.45) is 7.05 Å². The van der Waals surface area contributed by atoms with Gasteiger partial charge in [0.05, 0.1) is 12.2 Å². The predicted molar refractivity (Wildman–Crippen MR) is 96.5 cm³/mol. The first kappa shape index (κ1) is 17.0. The van der Waals surface area contributed by atoms with Gasteiger partial charge in [-0.25, -0.2) is 0 Å². The Kier molecular flexibility index (Phi) is 4.68. The van der Waals surface area contributed by atoms with Gasteiger partial charge in [-0.3, -0.25) is 9.48 Å². The molecule has 3 rings (SSSR count). The van der Waals surface area contributed by atoms with Crippen molar-refractivity contribution in [1.82, 2.24) is 14.7 Å². The third kappa shape index (κ3) is 2.95. The normalized spacial score (nSPS) is 17.0. The maximum absolute atomic E-state index is 12.9. The highest BCUT2D eigenvalue weighted by Gasteiger charge is 2.29. The van der Waals surface area contributed by atoms with Gasteiger partial charge in [-0.15, -0.1) is 0 Å². The van der Waals surface area contributed by atoms with Crippen LogP contribution in [0.2, 0.25) is 5.02 Å². The van der Waals surface area contributed by atoms with Crippen LogP contribution in [0.15, 0.2) is 24.4 Å². The predicted octanol–water partition coefficient (Wildman–Crippen LogP) is 4.35. The van der Waals surface area contributed by atoms with Crippen molar-refractivity contribution in [2.45, 2.75) is 45.1 Å². The van der Waals surface area contributed by atoms with Crippen LogP contribution in [-0.4, -0.2) is 27.6 Å². The standard InChI is InChI=1S/C19H24ClN3O/c1-12(2)14-9-8-13(10-16(14)20)19(24)22(3)17-6-5-7-18-15(17)11-21-23(18)4/h8-12,17H,5-7H2,1-4H3. The van der Waals surface area contributed by atoms with E-state index in [0.717, 1.165) is 24.8 Å². The van der Waals surface area contributed by atoms with Crippen LogP contribution >= 0.6 is 11.6 Å². The summed E-state index contributed by atoms with van der Waals surface area (Å²) in [7, 11) is 3.84. The minimum Gasteiger partial charge on any atom is -0.335 e. The number of nitrogens with zero attached hydrogens (tertiary/aromatic N) is 3. The van der Waals surface area contributed by atoms with Crippen molar-refractivity contribution in [2.75, 3.05) is 7.05 Å². The Morgan fingerprint density at radius 1 is 1.42 bits per heavy atom. The second-order valence-corrected chi connectivity index (χ2v) is 7.29. The molecule has 1 aliphatic rings. The van der Waals surface area contributed by atoms with Crippen LogP contribution in [0, 0.1) is 0 Å². The molecule has 1 amide bonds. The number of hydrogen-bond donors (Lipinski definition) is 0. The zero-order chi connectivity index (χ0) is 17.4. The van der Waals surface area contributed by atoms with Crippen LogP contribution in [0.3, 0.4) is 0 Å². The van der Waals surface area contributed by atoms with Crippen LogP contribution in [0.5, 0.6) is 0 Å². The molecule has 1 aromatic heterocycles. The Morgan fingerprint density at radius 3 is 2.83 bits per heavy atom. The van der Waals surface area contributed by atoms with E-state index in [0.29, 0.717) is 16.5 Å². The number of fused-ring (bicyclic) bond motifs is 1. The van der Waals surface area contributed by atoms with Gasteiger partial charge >= 0.3 is 0 Å². The van der Waals surface area contributed by atoms with E-state index in [1.54, 1.807) is 6.07 Å². The van der Waals surface area contributed by atoms with Crippen molar-refractivity contribution >= 4 is 17.5 Å². The molecule has 5 heteroatoms. The number of amides is 1. The fourth-order valence-electron chi connectivity index (χ4n) is 3.56. The molecule has 0 spiro atoms. The maximum Gasteiger partial charge on any atom is 0.254 e. The van der Waals surface area contributed by atoms with Crippen LogP contribution in [-0.2, 0) is 13.5 Å². The summed E-state index contributed by atoms with van der Waals surface area (Å²) in [5, 5.41) is 5.03. The summed E-state index contributed by atoms with van der Waals surface area (Å²) in [6.45, 7) is 4.20. The second-order valence-electron chi connectivity index (χ2n) is 6.89.